The normalized spacial score (nSPS) is 18.9. The smallest absolute Gasteiger partial charge is 0.357 e. The van der Waals surface area contributed by atoms with Crippen LogP contribution in [-0.4, -0.2) is 52.9 Å². The van der Waals surface area contributed by atoms with E-state index in [1.807, 2.05) is 42.5 Å². The van der Waals surface area contributed by atoms with Gasteiger partial charge in [-0.15, -0.1) is 11.3 Å². The lowest BCUT2D eigenvalue weighted by Gasteiger charge is -2.30. The van der Waals surface area contributed by atoms with E-state index >= 15 is 0 Å². The summed E-state index contributed by atoms with van der Waals surface area (Å²) in [5, 5.41) is 9.38. The van der Waals surface area contributed by atoms with Crippen molar-refractivity contribution in [2.24, 2.45) is 5.92 Å². The second-order valence-corrected chi connectivity index (χ2v) is 10.7. The number of rotatable bonds is 8. The maximum atomic E-state index is 13.5. The fourth-order valence-electron chi connectivity index (χ4n) is 5.37. The summed E-state index contributed by atoms with van der Waals surface area (Å²) >= 11 is 1.08. The van der Waals surface area contributed by atoms with Gasteiger partial charge in [-0.05, 0) is 28.7 Å². The molecule has 0 radical (unpaired) electrons. The third-order valence-electron chi connectivity index (χ3n) is 7.33. The molecule has 2 N–H and O–H groups in total. The minimum atomic E-state index is -0.974. The zero-order valence-electron chi connectivity index (χ0n) is 21.1. The highest BCUT2D eigenvalue weighted by molar-refractivity contribution is 7.14. The van der Waals surface area contributed by atoms with Crippen LogP contribution in [0.2, 0.25) is 0 Å². The predicted octanol–water partition coefficient (Wildman–Crippen LogP) is 4.52. The number of amides is 4. The standard InChI is InChI=1S/C28H30N4O5S/c1-37-26(35)22-16-38-27(29-22)31-24(33)23(15-17-7-3-2-4-8-17)32-25(34)21(30-28(32)36)14-18-11-12-19-9-5-6-10-20(19)13-18/h5-6,9-13,16-17,21,23H,2-4,7-8,14-15H2,1H3,(H,30,36)(H,29,31,33)/t21-,23-/m0/s1. The van der Waals surface area contributed by atoms with Crippen LogP contribution < -0.4 is 10.6 Å². The van der Waals surface area contributed by atoms with Crippen molar-refractivity contribution < 1.29 is 23.9 Å². The molecule has 198 valence electrons. The van der Waals surface area contributed by atoms with Gasteiger partial charge in [-0.2, -0.15) is 0 Å². The Labute approximate surface area is 224 Å². The fraction of sp³-hybridized carbons (Fsp3) is 0.393. The van der Waals surface area contributed by atoms with Gasteiger partial charge in [-0.25, -0.2) is 19.5 Å². The second-order valence-electron chi connectivity index (χ2n) is 9.87. The lowest BCUT2D eigenvalue weighted by Crippen LogP contribution is -2.49. The Kier molecular flexibility index (Phi) is 7.69. The van der Waals surface area contributed by atoms with Crippen LogP contribution >= 0.6 is 11.3 Å². The largest absolute Gasteiger partial charge is 0.464 e. The van der Waals surface area contributed by atoms with Crippen LogP contribution in [0.3, 0.4) is 0 Å². The SMILES string of the molecule is COC(=O)c1csc(NC(=O)[C@H](CC2CCCCC2)N2C(=O)N[C@@H](Cc3ccc4ccccc4c3)C2=O)n1. The van der Waals surface area contributed by atoms with Crippen molar-refractivity contribution in [3.8, 4) is 0 Å². The van der Waals surface area contributed by atoms with Gasteiger partial charge in [0.25, 0.3) is 5.91 Å². The van der Waals surface area contributed by atoms with Crippen molar-refractivity contribution in [1.82, 2.24) is 15.2 Å². The van der Waals surface area contributed by atoms with Crippen molar-refractivity contribution in [3.05, 3.63) is 59.1 Å². The van der Waals surface area contributed by atoms with Gasteiger partial charge in [0.1, 0.15) is 12.1 Å². The third-order valence-corrected chi connectivity index (χ3v) is 8.09. The first-order chi connectivity index (χ1) is 18.4. The van der Waals surface area contributed by atoms with E-state index in [2.05, 4.69) is 20.4 Å². The zero-order chi connectivity index (χ0) is 26.6. The molecule has 0 bridgehead atoms. The predicted molar refractivity (Wildman–Crippen MR) is 144 cm³/mol. The number of anilines is 1. The number of hydrogen-bond donors (Lipinski definition) is 2. The van der Waals surface area contributed by atoms with Crippen LogP contribution in [0.4, 0.5) is 9.93 Å². The van der Waals surface area contributed by atoms with Crippen LogP contribution in [0, 0.1) is 5.92 Å². The topological polar surface area (TPSA) is 118 Å². The Morgan fingerprint density at radius 1 is 1.13 bits per heavy atom. The summed E-state index contributed by atoms with van der Waals surface area (Å²) in [5.41, 5.74) is 1.01. The number of benzene rings is 2. The molecule has 1 aliphatic heterocycles. The molecule has 4 amide bonds. The van der Waals surface area contributed by atoms with Gasteiger partial charge in [-0.3, -0.25) is 9.59 Å². The molecule has 2 aliphatic rings. The number of urea groups is 1. The van der Waals surface area contributed by atoms with Crippen LogP contribution in [0.15, 0.2) is 47.8 Å². The Hall–Kier alpha value is -3.79. The van der Waals surface area contributed by atoms with Crippen molar-refractivity contribution in [2.45, 2.75) is 57.0 Å². The number of fused-ring (bicyclic) bond motifs is 1. The molecule has 1 aliphatic carbocycles. The summed E-state index contributed by atoms with van der Waals surface area (Å²) in [6.45, 7) is 0. The van der Waals surface area contributed by atoms with E-state index in [-0.39, 0.29) is 16.7 Å². The molecule has 2 aromatic carbocycles. The van der Waals surface area contributed by atoms with Crippen LogP contribution in [-0.2, 0) is 20.7 Å². The third kappa shape index (κ3) is 5.55. The van der Waals surface area contributed by atoms with Gasteiger partial charge < -0.3 is 15.4 Å². The number of nitrogens with one attached hydrogen (secondary N) is 2. The number of methoxy groups -OCH3 is 1. The Morgan fingerprint density at radius 3 is 2.66 bits per heavy atom. The number of carbonyl (C=O) groups is 4. The molecular formula is C28H30N4O5S. The van der Waals surface area contributed by atoms with E-state index in [4.69, 9.17) is 0 Å². The molecule has 9 nitrogen and oxygen atoms in total. The molecule has 1 saturated heterocycles. The molecule has 10 heteroatoms. The van der Waals surface area contributed by atoms with Gasteiger partial charge in [-0.1, -0.05) is 74.6 Å². The molecule has 1 saturated carbocycles. The number of aromatic nitrogens is 1. The molecule has 2 fully saturated rings. The summed E-state index contributed by atoms with van der Waals surface area (Å²) < 4.78 is 4.68. The molecule has 5 rings (SSSR count). The van der Waals surface area contributed by atoms with Gasteiger partial charge in [0.15, 0.2) is 10.8 Å². The van der Waals surface area contributed by atoms with Crippen molar-refractivity contribution >= 4 is 51.1 Å². The van der Waals surface area contributed by atoms with Crippen molar-refractivity contribution in [2.75, 3.05) is 12.4 Å². The number of imide groups is 1. The maximum Gasteiger partial charge on any atom is 0.357 e. The number of esters is 1. The first-order valence-corrected chi connectivity index (χ1v) is 13.8. The van der Waals surface area contributed by atoms with Gasteiger partial charge >= 0.3 is 12.0 Å². The lowest BCUT2D eigenvalue weighted by molar-refractivity contribution is -0.134. The summed E-state index contributed by atoms with van der Waals surface area (Å²) in [6.07, 6.45) is 5.92. The monoisotopic (exact) mass is 534 g/mol. The Bertz CT molecular complexity index is 1370. The first kappa shape index (κ1) is 25.8. The molecule has 2 atom stereocenters. The number of thiazole rings is 1. The molecular weight excluding hydrogens is 504 g/mol. The van der Waals surface area contributed by atoms with Crippen LogP contribution in [0.1, 0.15) is 54.6 Å². The van der Waals surface area contributed by atoms with Gasteiger partial charge in [0, 0.05) is 11.8 Å². The van der Waals surface area contributed by atoms with Crippen LogP contribution in [0.5, 0.6) is 0 Å². The summed E-state index contributed by atoms with van der Waals surface area (Å²) in [5.74, 6) is -1.27. The Morgan fingerprint density at radius 2 is 1.89 bits per heavy atom. The van der Waals surface area contributed by atoms with Crippen LogP contribution in [0.25, 0.3) is 10.8 Å². The number of carbonyl (C=O) groups excluding carboxylic acids is 4. The fourth-order valence-corrected chi connectivity index (χ4v) is 6.05. The van der Waals surface area contributed by atoms with E-state index in [0.717, 1.165) is 64.7 Å². The molecule has 3 aromatic rings. The second kappa shape index (κ2) is 11.3. The van der Waals surface area contributed by atoms with E-state index < -0.39 is 35.9 Å². The quantitative estimate of drug-likeness (QED) is 0.324. The Balaban J connectivity index is 1.35. The van der Waals surface area contributed by atoms with Crippen molar-refractivity contribution in [3.63, 3.8) is 0 Å². The molecule has 38 heavy (non-hydrogen) atoms. The highest BCUT2D eigenvalue weighted by Gasteiger charge is 2.45. The molecule has 1 aromatic heterocycles. The zero-order valence-corrected chi connectivity index (χ0v) is 22.0. The van der Waals surface area contributed by atoms with Crippen molar-refractivity contribution in [1.29, 1.82) is 0 Å². The first-order valence-electron chi connectivity index (χ1n) is 12.9. The van der Waals surface area contributed by atoms with E-state index in [1.54, 1.807) is 0 Å². The average Bonchev–Trinajstić information content (AvgIpc) is 3.51. The average molecular weight is 535 g/mol. The van der Waals surface area contributed by atoms with E-state index in [9.17, 15) is 19.2 Å². The lowest BCUT2D eigenvalue weighted by atomic mass is 9.84. The summed E-state index contributed by atoms with van der Waals surface area (Å²) in [4.78, 5) is 57.1. The minimum absolute atomic E-state index is 0.0853. The van der Waals surface area contributed by atoms with Gasteiger partial charge in [0.05, 0.1) is 7.11 Å². The van der Waals surface area contributed by atoms with E-state index in [1.165, 1.54) is 12.5 Å². The highest BCUT2D eigenvalue weighted by Crippen LogP contribution is 2.31. The van der Waals surface area contributed by atoms with Gasteiger partial charge in [0.2, 0.25) is 5.91 Å². The number of ether oxygens (including phenoxy) is 1. The van der Waals surface area contributed by atoms with E-state index in [0.29, 0.717) is 12.8 Å². The molecule has 0 spiro atoms. The maximum absolute atomic E-state index is 13.5. The summed E-state index contributed by atoms with van der Waals surface area (Å²) in [6, 6.07) is 11.6. The number of nitrogens with zero attached hydrogens (tertiary/aromatic N) is 2. The molecule has 2 heterocycles. The summed E-state index contributed by atoms with van der Waals surface area (Å²) in [7, 11) is 1.26. The number of hydrogen-bond acceptors (Lipinski definition) is 7. The molecule has 0 unspecified atom stereocenters. The minimum Gasteiger partial charge on any atom is -0.464 e. The highest BCUT2D eigenvalue weighted by atomic mass is 32.1.